The predicted molar refractivity (Wildman–Crippen MR) is 78.6 cm³/mol. The molecule has 0 fully saturated rings. The molecule has 0 radical (unpaired) electrons. The van der Waals surface area contributed by atoms with Crippen LogP contribution in [0.5, 0.6) is 0 Å². The lowest BCUT2D eigenvalue weighted by Gasteiger charge is -2.08. The monoisotopic (exact) mass is 290 g/mol. The van der Waals surface area contributed by atoms with Gasteiger partial charge in [0.25, 0.3) is 12.4 Å². The average Bonchev–Trinajstić information content (AvgIpc) is 2.43. The minimum atomic E-state index is -0.430. The van der Waals surface area contributed by atoms with Crippen molar-refractivity contribution < 1.29 is 19.1 Å². The van der Waals surface area contributed by atoms with Crippen LogP contribution in [0.3, 0.4) is 0 Å². The predicted octanol–water partition coefficient (Wildman–Crippen LogP) is 2.67. The molecule has 0 aliphatic carbocycles. The Morgan fingerprint density at radius 3 is 2.52 bits per heavy atom. The molecular weight excluding hydrogens is 275 g/mol. The molecule has 0 saturated heterocycles. The van der Waals surface area contributed by atoms with Crippen molar-refractivity contribution in [1.29, 1.82) is 0 Å². The Labute approximate surface area is 121 Å². The molecule has 0 heterocycles. The zero-order valence-electron chi connectivity index (χ0n) is 11.3. The fraction of sp³-hybridized carbons (Fsp3) is 0.0667. The first-order valence-corrected chi connectivity index (χ1v) is 5.99. The van der Waals surface area contributed by atoms with Crippen molar-refractivity contribution in [3.8, 4) is 0 Å². The maximum Gasteiger partial charge on any atom is 0.290 e. The van der Waals surface area contributed by atoms with Gasteiger partial charge in [-0.2, -0.15) is 0 Å². The number of aryl methyl sites for hydroxylation is 1. The van der Waals surface area contributed by atoms with Crippen LogP contribution < -0.4 is 11.1 Å². The molecule has 0 aliphatic heterocycles. The fourth-order valence-corrected chi connectivity index (χ4v) is 1.63. The normalized spacial score (nSPS) is 9.24. The summed E-state index contributed by atoms with van der Waals surface area (Å²) in [6.45, 7) is 1.66. The summed E-state index contributed by atoms with van der Waals surface area (Å²) in [6, 6.07) is 11.1. The second-order valence-corrected chi connectivity index (χ2v) is 4.16. The van der Waals surface area contributed by atoms with Crippen LogP contribution in [0.1, 0.15) is 15.9 Å². The van der Waals surface area contributed by atoms with Crippen LogP contribution in [0.25, 0.3) is 0 Å². The van der Waals surface area contributed by atoms with Crippen LogP contribution in [-0.4, -0.2) is 17.5 Å². The summed E-state index contributed by atoms with van der Waals surface area (Å²) >= 11 is 0. The number of anilines is 2. The number of nitrogens with two attached hydrogens (primary N) is 1. The molecule has 110 valence electrons. The first-order valence-electron chi connectivity index (χ1n) is 5.99. The molecule has 6 heteroatoms. The van der Waals surface area contributed by atoms with E-state index in [1.807, 2.05) is 13.0 Å². The maximum atomic E-state index is 12.9. The number of rotatable bonds is 2. The topological polar surface area (TPSA) is 92.4 Å². The zero-order chi connectivity index (χ0) is 15.8. The summed E-state index contributed by atoms with van der Waals surface area (Å²) in [5.41, 5.74) is 7.77. The molecule has 2 aromatic carbocycles. The quantitative estimate of drug-likeness (QED) is 0.585. The maximum absolute atomic E-state index is 12.9. The second-order valence-electron chi connectivity index (χ2n) is 4.16. The van der Waals surface area contributed by atoms with E-state index in [2.05, 4.69) is 5.32 Å². The number of amides is 1. The van der Waals surface area contributed by atoms with Crippen molar-refractivity contribution in [2.24, 2.45) is 0 Å². The zero-order valence-corrected chi connectivity index (χ0v) is 11.3. The highest BCUT2D eigenvalue weighted by Gasteiger charge is 2.08. The largest absolute Gasteiger partial charge is 0.483 e. The van der Waals surface area contributed by atoms with Crippen molar-refractivity contribution in [3.05, 3.63) is 59.4 Å². The minimum Gasteiger partial charge on any atom is -0.483 e. The van der Waals surface area contributed by atoms with Crippen LogP contribution >= 0.6 is 0 Å². The van der Waals surface area contributed by atoms with E-state index in [4.69, 9.17) is 15.6 Å². The van der Waals surface area contributed by atoms with Crippen molar-refractivity contribution in [2.45, 2.75) is 6.92 Å². The van der Waals surface area contributed by atoms with Crippen molar-refractivity contribution in [3.63, 3.8) is 0 Å². The van der Waals surface area contributed by atoms with Gasteiger partial charge < -0.3 is 16.2 Å². The molecule has 4 N–H and O–H groups in total. The Morgan fingerprint density at radius 2 is 1.95 bits per heavy atom. The first-order chi connectivity index (χ1) is 9.97. The summed E-state index contributed by atoms with van der Waals surface area (Å²) in [5, 5.41) is 9.54. The van der Waals surface area contributed by atoms with Crippen molar-refractivity contribution in [1.82, 2.24) is 0 Å². The van der Waals surface area contributed by atoms with Gasteiger partial charge in [-0.1, -0.05) is 17.7 Å². The van der Waals surface area contributed by atoms with E-state index in [9.17, 15) is 9.18 Å². The number of hydrogen-bond donors (Lipinski definition) is 3. The van der Waals surface area contributed by atoms with Crippen LogP contribution in [0.4, 0.5) is 15.8 Å². The van der Waals surface area contributed by atoms with E-state index >= 15 is 0 Å². The number of benzene rings is 2. The SMILES string of the molecule is Cc1cccc(C(=O)Nc2ccc(F)cc2N)c1.O=CO. The summed E-state index contributed by atoms with van der Waals surface area (Å²) in [6.07, 6.45) is 0. The van der Waals surface area contributed by atoms with Crippen molar-refractivity contribution in [2.75, 3.05) is 11.1 Å². The molecule has 2 rings (SSSR count). The molecule has 2 aromatic rings. The van der Waals surface area contributed by atoms with E-state index < -0.39 is 5.82 Å². The lowest BCUT2D eigenvalue weighted by molar-refractivity contribution is -0.122. The molecule has 1 amide bonds. The van der Waals surface area contributed by atoms with E-state index in [0.29, 0.717) is 11.3 Å². The number of nitrogens with one attached hydrogen (secondary N) is 1. The van der Waals surface area contributed by atoms with Gasteiger partial charge >= 0.3 is 0 Å². The summed E-state index contributed by atoms with van der Waals surface area (Å²) < 4.78 is 12.9. The van der Waals surface area contributed by atoms with Gasteiger partial charge in [-0.15, -0.1) is 0 Å². The summed E-state index contributed by atoms with van der Waals surface area (Å²) in [7, 11) is 0. The van der Waals surface area contributed by atoms with Crippen LogP contribution in [0.15, 0.2) is 42.5 Å². The summed E-state index contributed by atoms with van der Waals surface area (Å²) in [4.78, 5) is 20.3. The van der Waals surface area contributed by atoms with Gasteiger partial charge in [0.15, 0.2) is 0 Å². The smallest absolute Gasteiger partial charge is 0.290 e. The van der Waals surface area contributed by atoms with Crippen LogP contribution in [0.2, 0.25) is 0 Å². The standard InChI is InChI=1S/C14H13FN2O.CH2O2/c1-9-3-2-4-10(7-9)14(18)17-13-6-5-11(15)8-12(13)16;2-1-3/h2-8H,16H2,1H3,(H,17,18);1H,(H,2,3). The molecule has 0 spiro atoms. The van der Waals surface area contributed by atoms with E-state index in [0.717, 1.165) is 5.56 Å². The number of nitrogen functional groups attached to an aromatic ring is 1. The number of carboxylic acid groups (broad SMARTS) is 1. The average molecular weight is 290 g/mol. The highest BCUT2D eigenvalue weighted by Crippen LogP contribution is 2.20. The third kappa shape index (κ3) is 4.94. The highest BCUT2D eigenvalue weighted by atomic mass is 19.1. The van der Waals surface area contributed by atoms with Crippen molar-refractivity contribution >= 4 is 23.8 Å². The number of carbonyl (C=O) groups excluding carboxylic acids is 1. The van der Waals surface area contributed by atoms with Gasteiger partial charge in [0.1, 0.15) is 5.82 Å². The molecule has 5 nitrogen and oxygen atoms in total. The van der Waals surface area contributed by atoms with E-state index in [1.54, 1.807) is 18.2 Å². The van der Waals surface area contributed by atoms with Gasteiger partial charge in [0, 0.05) is 5.56 Å². The van der Waals surface area contributed by atoms with Gasteiger partial charge in [0.05, 0.1) is 11.4 Å². The van der Waals surface area contributed by atoms with Gasteiger partial charge in [0.2, 0.25) is 0 Å². The molecule has 0 saturated carbocycles. The third-order valence-corrected chi connectivity index (χ3v) is 2.54. The first kappa shape index (κ1) is 16.2. The Balaban J connectivity index is 0.000000677. The Hall–Kier alpha value is -2.89. The molecule has 0 atom stereocenters. The van der Waals surface area contributed by atoms with E-state index in [1.165, 1.54) is 18.2 Å². The Bertz CT molecular complexity index is 645. The van der Waals surface area contributed by atoms with Gasteiger partial charge in [-0.05, 0) is 37.3 Å². The van der Waals surface area contributed by atoms with Crippen LogP contribution in [-0.2, 0) is 4.79 Å². The van der Waals surface area contributed by atoms with Gasteiger partial charge in [-0.3, -0.25) is 9.59 Å². The number of halogens is 1. The molecule has 21 heavy (non-hydrogen) atoms. The number of carbonyl (C=O) groups is 2. The fourth-order valence-electron chi connectivity index (χ4n) is 1.63. The van der Waals surface area contributed by atoms with Gasteiger partial charge in [-0.25, -0.2) is 4.39 Å². The highest BCUT2D eigenvalue weighted by molar-refractivity contribution is 6.05. The molecule has 0 bridgehead atoms. The molecule has 0 unspecified atom stereocenters. The molecule has 0 aromatic heterocycles. The lowest BCUT2D eigenvalue weighted by atomic mass is 10.1. The Kier molecular flexibility index (Phi) is 5.88. The molecular formula is C15H15FN2O3. The summed E-state index contributed by atoms with van der Waals surface area (Å²) in [5.74, 6) is -0.696. The molecule has 0 aliphatic rings. The minimum absolute atomic E-state index is 0.205. The third-order valence-electron chi connectivity index (χ3n) is 2.54. The lowest BCUT2D eigenvalue weighted by Crippen LogP contribution is -2.13. The van der Waals surface area contributed by atoms with E-state index in [-0.39, 0.29) is 18.1 Å². The Morgan fingerprint density at radius 1 is 1.29 bits per heavy atom. The van der Waals surface area contributed by atoms with Crippen LogP contribution in [0, 0.1) is 12.7 Å². The number of hydrogen-bond acceptors (Lipinski definition) is 3. The second kappa shape index (κ2) is 7.64.